The lowest BCUT2D eigenvalue weighted by molar-refractivity contribution is -0.131. The Hall–Kier alpha value is -2.75. The van der Waals surface area contributed by atoms with Crippen LogP contribution in [0.5, 0.6) is 0 Å². The number of nitrogens with one attached hydrogen (secondary N) is 1. The predicted octanol–water partition coefficient (Wildman–Crippen LogP) is 0.940. The molecule has 1 aromatic heterocycles. The van der Waals surface area contributed by atoms with Gasteiger partial charge in [-0.25, -0.2) is 18.7 Å². The van der Waals surface area contributed by atoms with Gasteiger partial charge in [0.15, 0.2) is 14.6 Å². The van der Waals surface area contributed by atoms with Crippen molar-refractivity contribution < 1.29 is 23.2 Å². The number of nitrogens with zero attached hydrogens (tertiary/aromatic N) is 2. The van der Waals surface area contributed by atoms with Crippen LogP contribution in [-0.2, 0) is 21.2 Å². The minimum atomic E-state index is -3.82. The largest absolute Gasteiger partial charge is 0.328 e. The molecule has 0 unspecified atom stereocenters. The number of rotatable bonds is 5. The van der Waals surface area contributed by atoms with E-state index < -0.39 is 20.5 Å². The summed E-state index contributed by atoms with van der Waals surface area (Å²) in [5.41, 5.74) is 2.64. The molecule has 2 N–H and O–H groups in total. The summed E-state index contributed by atoms with van der Waals surface area (Å²) in [4.78, 5) is 25.9. The second kappa shape index (κ2) is 7.25. The maximum Gasteiger partial charge on any atom is 0.328 e. The number of hydroxylamine groups is 1. The second-order valence-corrected chi connectivity index (χ2v) is 10.2. The number of carbonyl (C=O) groups excluding carboxylic acids is 2. The zero-order chi connectivity index (χ0) is 21.4. The highest BCUT2D eigenvalue weighted by Crippen LogP contribution is 2.43. The number of sulfone groups is 1. The molecule has 153 valence electrons. The number of fused-ring (bicyclic) bond motifs is 1. The minimum absolute atomic E-state index is 0.0373. The SMILES string of the molecule is [CH2]C1(C#CC#Cc2cc3n(c2)C(=O)N(CC[C@](C)(C(=O)NO)S(C)(=O)=O)C3)CC1. The Morgan fingerprint density at radius 2 is 2.10 bits per heavy atom. The van der Waals surface area contributed by atoms with Gasteiger partial charge in [0.1, 0.15) is 0 Å². The second-order valence-electron chi connectivity index (χ2n) is 7.77. The Labute approximate surface area is 170 Å². The van der Waals surface area contributed by atoms with Crippen molar-refractivity contribution in [1.82, 2.24) is 14.9 Å². The zero-order valence-electron chi connectivity index (χ0n) is 16.3. The van der Waals surface area contributed by atoms with E-state index in [1.165, 1.54) is 21.9 Å². The maximum absolute atomic E-state index is 12.6. The van der Waals surface area contributed by atoms with Gasteiger partial charge < -0.3 is 4.90 Å². The van der Waals surface area contributed by atoms with E-state index in [4.69, 9.17) is 5.21 Å². The molecule has 1 fully saturated rings. The van der Waals surface area contributed by atoms with Crippen LogP contribution in [0.25, 0.3) is 0 Å². The standard InChI is InChI=1S/C20H22N3O5S/c1-19(8-9-19)7-5-4-6-15-12-16-14-22(18(25)23(16)13-15)11-10-20(2,17(24)21-26)29(3,27)28/h12-13,26H,1,8-11,14H2,2-3H3,(H,21,24)/t20-/m1/s1. The molecule has 9 heteroatoms. The molecule has 0 saturated heterocycles. The Bertz CT molecular complexity index is 1090. The topological polar surface area (TPSA) is 109 Å². The Kier molecular flexibility index (Phi) is 5.24. The summed E-state index contributed by atoms with van der Waals surface area (Å²) in [6, 6.07) is 1.45. The van der Waals surface area contributed by atoms with Crippen LogP contribution in [-0.4, -0.2) is 52.6 Å². The highest BCUT2D eigenvalue weighted by Gasteiger charge is 2.44. The molecule has 3 rings (SSSR count). The van der Waals surface area contributed by atoms with E-state index in [1.807, 2.05) is 0 Å². The third-order valence-corrected chi connectivity index (χ3v) is 7.47. The Balaban J connectivity index is 1.67. The smallest absolute Gasteiger partial charge is 0.318 e. The van der Waals surface area contributed by atoms with Gasteiger partial charge in [0.25, 0.3) is 5.91 Å². The predicted molar refractivity (Wildman–Crippen MR) is 105 cm³/mol. The number of hydrogen-bond donors (Lipinski definition) is 2. The van der Waals surface area contributed by atoms with Crippen molar-refractivity contribution in [2.24, 2.45) is 5.41 Å². The maximum atomic E-state index is 12.6. The lowest BCUT2D eigenvalue weighted by atomic mass is 10.1. The molecule has 0 aromatic carbocycles. The van der Waals surface area contributed by atoms with Crippen molar-refractivity contribution in [1.29, 1.82) is 0 Å². The van der Waals surface area contributed by atoms with Gasteiger partial charge in [-0.15, -0.1) is 0 Å². The highest BCUT2D eigenvalue weighted by molar-refractivity contribution is 7.92. The van der Waals surface area contributed by atoms with Crippen molar-refractivity contribution >= 4 is 21.8 Å². The first kappa shape index (κ1) is 21.0. The molecule has 0 spiro atoms. The summed E-state index contributed by atoms with van der Waals surface area (Å²) in [6.45, 7) is 5.51. The van der Waals surface area contributed by atoms with Crippen LogP contribution in [0, 0.1) is 36.0 Å². The molecule has 1 aromatic rings. The fourth-order valence-corrected chi connectivity index (χ4v) is 3.79. The number of amides is 2. The summed E-state index contributed by atoms with van der Waals surface area (Å²) in [5.74, 6) is 10.5. The van der Waals surface area contributed by atoms with Gasteiger partial charge in [0.05, 0.1) is 6.54 Å². The van der Waals surface area contributed by atoms with Crippen LogP contribution in [0.4, 0.5) is 4.79 Å². The van der Waals surface area contributed by atoms with E-state index in [2.05, 4.69) is 30.6 Å². The van der Waals surface area contributed by atoms with E-state index in [0.717, 1.165) is 24.8 Å². The molecule has 1 aliphatic carbocycles. The van der Waals surface area contributed by atoms with Gasteiger partial charge >= 0.3 is 6.03 Å². The number of hydrogen-bond acceptors (Lipinski definition) is 5. The molecular formula is C20H22N3O5S. The highest BCUT2D eigenvalue weighted by atomic mass is 32.2. The fraction of sp³-hybridized carbons (Fsp3) is 0.450. The van der Waals surface area contributed by atoms with E-state index in [-0.39, 0.29) is 31.0 Å². The van der Waals surface area contributed by atoms with Crippen LogP contribution in [0.3, 0.4) is 0 Å². The molecule has 1 saturated carbocycles. The van der Waals surface area contributed by atoms with Crippen molar-refractivity contribution in [2.45, 2.75) is 37.5 Å². The van der Waals surface area contributed by atoms with E-state index in [9.17, 15) is 18.0 Å². The summed E-state index contributed by atoms with van der Waals surface area (Å²) in [7, 11) is -3.82. The molecule has 2 heterocycles. The van der Waals surface area contributed by atoms with Gasteiger partial charge in [-0.2, -0.15) is 0 Å². The van der Waals surface area contributed by atoms with Gasteiger partial charge in [0, 0.05) is 35.7 Å². The van der Waals surface area contributed by atoms with Gasteiger partial charge in [-0.1, -0.05) is 11.8 Å². The molecule has 29 heavy (non-hydrogen) atoms. The lowest BCUT2D eigenvalue weighted by Gasteiger charge is -2.27. The molecule has 0 bridgehead atoms. The summed E-state index contributed by atoms with van der Waals surface area (Å²) in [6.07, 6.45) is 4.37. The monoisotopic (exact) mass is 416 g/mol. The van der Waals surface area contributed by atoms with Crippen molar-refractivity contribution in [3.8, 4) is 23.7 Å². The van der Waals surface area contributed by atoms with Crippen molar-refractivity contribution in [3.05, 3.63) is 30.4 Å². The average Bonchev–Trinajstić information content (AvgIpc) is 3.14. The van der Waals surface area contributed by atoms with Crippen LogP contribution in [0.2, 0.25) is 0 Å². The van der Waals surface area contributed by atoms with Crippen LogP contribution in [0.15, 0.2) is 12.3 Å². The molecule has 2 amide bonds. The van der Waals surface area contributed by atoms with Crippen LogP contribution in [0.1, 0.15) is 37.4 Å². The van der Waals surface area contributed by atoms with Crippen LogP contribution >= 0.6 is 0 Å². The summed E-state index contributed by atoms with van der Waals surface area (Å²) in [5, 5.41) is 8.88. The first-order valence-electron chi connectivity index (χ1n) is 9.02. The fourth-order valence-electron chi connectivity index (χ4n) is 2.94. The van der Waals surface area contributed by atoms with Crippen molar-refractivity contribution in [2.75, 3.05) is 12.8 Å². The summed E-state index contributed by atoms with van der Waals surface area (Å²) < 4.78 is 23.7. The molecular weight excluding hydrogens is 394 g/mol. The number of carbonyl (C=O) groups is 2. The third-order valence-electron chi connectivity index (χ3n) is 5.44. The van der Waals surface area contributed by atoms with E-state index in [1.54, 1.807) is 12.3 Å². The molecule has 1 radical (unpaired) electrons. The first-order chi connectivity index (χ1) is 13.5. The van der Waals surface area contributed by atoms with Crippen molar-refractivity contribution in [3.63, 3.8) is 0 Å². The average molecular weight is 416 g/mol. The third kappa shape index (κ3) is 4.16. The quantitative estimate of drug-likeness (QED) is 0.422. The molecule has 1 atom stereocenters. The van der Waals surface area contributed by atoms with Gasteiger partial charge in [-0.05, 0) is 51.0 Å². The molecule has 2 aliphatic rings. The normalized spacial score (nSPS) is 18.6. The first-order valence-corrected chi connectivity index (χ1v) is 10.9. The lowest BCUT2D eigenvalue weighted by Crippen LogP contribution is -2.50. The van der Waals surface area contributed by atoms with Gasteiger partial charge in [0.2, 0.25) is 0 Å². The van der Waals surface area contributed by atoms with E-state index >= 15 is 0 Å². The zero-order valence-corrected chi connectivity index (χ0v) is 17.1. The van der Waals surface area contributed by atoms with Gasteiger partial charge in [-0.3, -0.25) is 14.6 Å². The number of aromatic nitrogens is 1. The minimum Gasteiger partial charge on any atom is -0.318 e. The Morgan fingerprint density at radius 1 is 1.41 bits per heavy atom. The molecule has 8 nitrogen and oxygen atoms in total. The van der Waals surface area contributed by atoms with Crippen LogP contribution < -0.4 is 5.48 Å². The summed E-state index contributed by atoms with van der Waals surface area (Å²) >= 11 is 0. The van der Waals surface area contributed by atoms with E-state index in [0.29, 0.717) is 5.56 Å². The Morgan fingerprint density at radius 3 is 2.66 bits per heavy atom. The molecule has 1 aliphatic heterocycles.